The molecule has 0 spiro atoms. The second kappa shape index (κ2) is 6.60. The van der Waals surface area contributed by atoms with Gasteiger partial charge in [0.1, 0.15) is 9.84 Å². The van der Waals surface area contributed by atoms with Gasteiger partial charge in [0.2, 0.25) is 0 Å². The van der Waals surface area contributed by atoms with E-state index < -0.39 is 9.84 Å². The Hall–Kier alpha value is -0.0900. The molecule has 4 heteroatoms. The van der Waals surface area contributed by atoms with E-state index in [1.54, 1.807) is 0 Å². The average molecular weight is 249 g/mol. The fraction of sp³-hybridized carbons (Fsp3) is 1.00. The van der Waals surface area contributed by atoms with Gasteiger partial charge in [0.25, 0.3) is 0 Å². The second-order valence-electron chi connectivity index (χ2n) is 5.55. The highest BCUT2D eigenvalue weighted by atomic mass is 32.2. The summed E-state index contributed by atoms with van der Waals surface area (Å²) in [4.78, 5) is 0. The summed E-state index contributed by atoms with van der Waals surface area (Å²) in [5.41, 5.74) is 0. The molecule has 0 amide bonds. The van der Waals surface area contributed by atoms with Crippen LogP contribution in [0.2, 0.25) is 0 Å². The van der Waals surface area contributed by atoms with Crippen molar-refractivity contribution in [2.24, 2.45) is 17.8 Å². The number of nitrogens with one attached hydrogen (secondary N) is 1. The molecule has 16 heavy (non-hydrogen) atoms. The first-order valence-electron chi connectivity index (χ1n) is 6.04. The third-order valence-electron chi connectivity index (χ3n) is 2.97. The van der Waals surface area contributed by atoms with E-state index in [2.05, 4.69) is 33.0 Å². The fourth-order valence-electron chi connectivity index (χ4n) is 2.09. The van der Waals surface area contributed by atoms with Crippen LogP contribution in [0.15, 0.2) is 0 Å². The van der Waals surface area contributed by atoms with Crippen LogP contribution in [0.3, 0.4) is 0 Å². The van der Waals surface area contributed by atoms with Gasteiger partial charge in [-0.05, 0) is 31.2 Å². The predicted molar refractivity (Wildman–Crippen MR) is 70.3 cm³/mol. The van der Waals surface area contributed by atoms with Gasteiger partial charge >= 0.3 is 0 Å². The van der Waals surface area contributed by atoms with Crippen LogP contribution in [0.25, 0.3) is 0 Å². The number of rotatable bonds is 7. The number of hydrogen-bond acceptors (Lipinski definition) is 3. The van der Waals surface area contributed by atoms with Gasteiger partial charge in [0.05, 0.1) is 5.75 Å². The van der Waals surface area contributed by atoms with E-state index in [1.807, 2.05) is 6.92 Å². The monoisotopic (exact) mass is 249 g/mol. The summed E-state index contributed by atoms with van der Waals surface area (Å²) < 4.78 is 22.2. The van der Waals surface area contributed by atoms with E-state index in [0.29, 0.717) is 17.8 Å². The van der Waals surface area contributed by atoms with Crippen molar-refractivity contribution < 1.29 is 8.42 Å². The highest BCUT2D eigenvalue weighted by Crippen LogP contribution is 2.19. The normalized spacial score (nSPS) is 15.1. The molecule has 3 nitrogen and oxygen atoms in total. The average Bonchev–Trinajstić information content (AvgIpc) is 1.98. The molecule has 1 atom stereocenters. The lowest BCUT2D eigenvalue weighted by Gasteiger charge is -2.26. The Morgan fingerprint density at radius 3 is 1.75 bits per heavy atom. The van der Waals surface area contributed by atoms with Gasteiger partial charge in [0.15, 0.2) is 0 Å². The Bertz CT molecular complexity index is 275. The van der Waals surface area contributed by atoms with Crippen LogP contribution in [0.1, 0.15) is 34.6 Å². The van der Waals surface area contributed by atoms with Crippen molar-refractivity contribution in [3.8, 4) is 0 Å². The van der Waals surface area contributed by atoms with Gasteiger partial charge in [-0.3, -0.25) is 0 Å². The summed E-state index contributed by atoms with van der Waals surface area (Å²) in [6, 6.07) is 0.0370. The van der Waals surface area contributed by atoms with Gasteiger partial charge in [0, 0.05) is 12.3 Å². The van der Waals surface area contributed by atoms with E-state index in [9.17, 15) is 8.42 Å². The standard InChI is InChI=1S/C12H27NO2S/c1-9(2)12(10(3)4)7-13-11(5)8-16(6,14)15/h9-13H,7-8H2,1-6H3. The van der Waals surface area contributed by atoms with Gasteiger partial charge in [-0.2, -0.15) is 0 Å². The van der Waals surface area contributed by atoms with Crippen LogP contribution in [0.4, 0.5) is 0 Å². The Morgan fingerprint density at radius 1 is 1.00 bits per heavy atom. The zero-order valence-electron chi connectivity index (χ0n) is 11.4. The Kier molecular flexibility index (Phi) is 6.56. The van der Waals surface area contributed by atoms with Crippen LogP contribution < -0.4 is 5.32 Å². The molecule has 0 aliphatic heterocycles. The largest absolute Gasteiger partial charge is 0.313 e. The highest BCUT2D eigenvalue weighted by Gasteiger charge is 2.18. The van der Waals surface area contributed by atoms with Gasteiger partial charge in [-0.15, -0.1) is 0 Å². The van der Waals surface area contributed by atoms with Crippen molar-refractivity contribution in [2.75, 3.05) is 18.6 Å². The maximum absolute atomic E-state index is 11.1. The van der Waals surface area contributed by atoms with Crippen molar-refractivity contribution in [1.29, 1.82) is 0 Å². The van der Waals surface area contributed by atoms with Crippen molar-refractivity contribution in [1.82, 2.24) is 5.32 Å². The molecule has 0 radical (unpaired) electrons. The molecular weight excluding hydrogens is 222 g/mol. The smallest absolute Gasteiger partial charge is 0.148 e. The maximum atomic E-state index is 11.1. The third-order valence-corrected chi connectivity index (χ3v) is 4.07. The van der Waals surface area contributed by atoms with Crippen molar-refractivity contribution >= 4 is 9.84 Å². The van der Waals surface area contributed by atoms with Gasteiger partial charge in [-0.1, -0.05) is 27.7 Å². The number of sulfone groups is 1. The zero-order chi connectivity index (χ0) is 12.9. The Labute approximate surface area is 101 Å². The molecule has 0 aromatic rings. The third kappa shape index (κ3) is 7.23. The molecule has 0 saturated carbocycles. The van der Waals surface area contributed by atoms with Gasteiger partial charge in [-0.25, -0.2) is 8.42 Å². The predicted octanol–water partition coefficient (Wildman–Crippen LogP) is 1.94. The SMILES string of the molecule is CC(CS(C)(=O)=O)NCC(C(C)C)C(C)C. The molecule has 0 saturated heterocycles. The van der Waals surface area contributed by atoms with E-state index in [1.165, 1.54) is 6.26 Å². The Balaban J connectivity index is 4.12. The minimum atomic E-state index is -2.87. The molecular formula is C12H27NO2S. The van der Waals surface area contributed by atoms with Crippen LogP contribution >= 0.6 is 0 Å². The minimum absolute atomic E-state index is 0.0370. The maximum Gasteiger partial charge on any atom is 0.148 e. The summed E-state index contributed by atoms with van der Waals surface area (Å²) >= 11 is 0. The highest BCUT2D eigenvalue weighted by molar-refractivity contribution is 7.90. The summed E-state index contributed by atoms with van der Waals surface area (Å²) in [6.07, 6.45) is 1.29. The second-order valence-corrected chi connectivity index (χ2v) is 7.74. The molecule has 0 aliphatic carbocycles. The Morgan fingerprint density at radius 2 is 1.44 bits per heavy atom. The zero-order valence-corrected chi connectivity index (χ0v) is 12.3. The van der Waals surface area contributed by atoms with Crippen LogP contribution in [-0.4, -0.2) is 33.0 Å². The van der Waals surface area contributed by atoms with Crippen LogP contribution in [-0.2, 0) is 9.84 Å². The summed E-state index contributed by atoms with van der Waals surface area (Å²) in [7, 11) is -2.87. The van der Waals surface area contributed by atoms with E-state index in [-0.39, 0.29) is 11.8 Å². The van der Waals surface area contributed by atoms with Crippen molar-refractivity contribution in [3.63, 3.8) is 0 Å². The van der Waals surface area contributed by atoms with Crippen LogP contribution in [0.5, 0.6) is 0 Å². The lowest BCUT2D eigenvalue weighted by Crippen LogP contribution is -2.38. The minimum Gasteiger partial charge on any atom is -0.313 e. The summed E-state index contributed by atoms with van der Waals surface area (Å²) in [6.45, 7) is 11.7. The molecule has 0 aliphatic rings. The topological polar surface area (TPSA) is 46.2 Å². The summed E-state index contributed by atoms with van der Waals surface area (Å²) in [5.74, 6) is 2.06. The molecule has 0 aromatic heterocycles. The van der Waals surface area contributed by atoms with E-state index in [0.717, 1.165) is 6.54 Å². The van der Waals surface area contributed by atoms with E-state index >= 15 is 0 Å². The van der Waals surface area contributed by atoms with Crippen molar-refractivity contribution in [3.05, 3.63) is 0 Å². The molecule has 0 rings (SSSR count). The molecule has 0 aromatic carbocycles. The first-order chi connectivity index (χ1) is 7.13. The molecule has 1 unspecified atom stereocenters. The molecule has 0 fully saturated rings. The van der Waals surface area contributed by atoms with Crippen molar-refractivity contribution in [2.45, 2.75) is 40.7 Å². The fourth-order valence-corrected chi connectivity index (χ4v) is 3.12. The number of hydrogen-bond donors (Lipinski definition) is 1. The van der Waals surface area contributed by atoms with E-state index in [4.69, 9.17) is 0 Å². The molecule has 98 valence electrons. The van der Waals surface area contributed by atoms with Crippen LogP contribution in [0, 0.1) is 17.8 Å². The first kappa shape index (κ1) is 15.9. The quantitative estimate of drug-likeness (QED) is 0.750. The summed E-state index contributed by atoms with van der Waals surface area (Å²) in [5, 5.41) is 3.32. The molecule has 1 N–H and O–H groups in total. The first-order valence-corrected chi connectivity index (χ1v) is 8.10. The molecule has 0 heterocycles. The molecule has 0 bridgehead atoms. The van der Waals surface area contributed by atoms with Gasteiger partial charge < -0.3 is 5.32 Å². The lowest BCUT2D eigenvalue weighted by atomic mass is 9.85. The lowest BCUT2D eigenvalue weighted by molar-refractivity contribution is 0.270.